The zero-order valence-electron chi connectivity index (χ0n) is 9.84. The first kappa shape index (κ1) is 13.7. The van der Waals surface area contributed by atoms with Gasteiger partial charge in [0, 0.05) is 33.8 Å². The van der Waals surface area contributed by atoms with Crippen molar-refractivity contribution < 1.29 is 4.98 Å². The highest BCUT2D eigenvalue weighted by Crippen LogP contribution is 2.15. The van der Waals surface area contributed by atoms with Crippen LogP contribution in [0.3, 0.4) is 0 Å². The lowest BCUT2D eigenvalue weighted by molar-refractivity contribution is -0.354. The number of aromatic amines is 1. The molecule has 0 unspecified atom stereocenters. The van der Waals surface area contributed by atoms with Gasteiger partial charge in [0.15, 0.2) is 0 Å². The van der Waals surface area contributed by atoms with E-state index >= 15 is 0 Å². The molecule has 0 aliphatic heterocycles. The van der Waals surface area contributed by atoms with E-state index in [1.807, 2.05) is 40.0 Å². The van der Waals surface area contributed by atoms with Crippen LogP contribution in [0.2, 0.25) is 0 Å². The Morgan fingerprint density at radius 1 is 1.00 bits per heavy atom. The Morgan fingerprint density at radius 3 is 1.93 bits per heavy atom. The van der Waals surface area contributed by atoms with Crippen LogP contribution in [0, 0.1) is 13.8 Å². The first-order chi connectivity index (χ1) is 6.43. The van der Waals surface area contributed by atoms with E-state index in [-0.39, 0.29) is 7.43 Å². The smallest absolute Gasteiger partial charge is 0.314 e. The molecule has 0 amide bonds. The monoisotopic (exact) mass is 211 g/mol. The molecule has 0 fully saturated rings. The molecule has 0 aliphatic carbocycles. The number of aromatic nitrogens is 2. The van der Waals surface area contributed by atoms with Crippen molar-refractivity contribution in [2.24, 2.45) is 0 Å². The van der Waals surface area contributed by atoms with Crippen LogP contribution in [0.15, 0.2) is 0 Å². The highest BCUT2D eigenvalue weighted by molar-refractivity contribution is 5.44. The molecule has 4 heteroatoms. The molecule has 0 atom stereocenters. The van der Waals surface area contributed by atoms with Gasteiger partial charge in [0.2, 0.25) is 5.82 Å². The van der Waals surface area contributed by atoms with E-state index in [0.717, 1.165) is 17.5 Å². The largest absolute Gasteiger partial charge is 0.347 e. The highest BCUT2D eigenvalue weighted by atomic mass is 15.3. The van der Waals surface area contributed by atoms with Crippen LogP contribution < -0.4 is 14.8 Å². The maximum absolute atomic E-state index is 4.46. The van der Waals surface area contributed by atoms with Crippen LogP contribution in [-0.4, -0.2) is 33.2 Å². The molecule has 0 saturated heterocycles. The molecule has 4 nitrogen and oxygen atoms in total. The Kier molecular flexibility index (Phi) is 4.52. The number of hydrogen-bond donors (Lipinski definition) is 0. The zero-order chi connectivity index (χ0) is 10.9. The van der Waals surface area contributed by atoms with Crippen molar-refractivity contribution >= 4 is 11.8 Å². The fourth-order valence-electron chi connectivity index (χ4n) is 1.30. The molecule has 0 bridgehead atoms. The fraction of sp³-hybridized carbons (Fsp3) is 0.636. The number of rotatable bonds is 2. The van der Waals surface area contributed by atoms with Gasteiger partial charge < -0.3 is 4.90 Å². The molecular weight excluding hydrogens is 188 g/mol. The average Bonchev–Trinajstić information content (AvgIpc) is 2.08. The summed E-state index contributed by atoms with van der Waals surface area (Å²) in [6.07, 6.45) is 0. The summed E-state index contributed by atoms with van der Waals surface area (Å²) in [7, 11) is 8.01. The second kappa shape index (κ2) is 4.96. The van der Waals surface area contributed by atoms with Gasteiger partial charge in [-0.05, 0) is 13.8 Å². The van der Waals surface area contributed by atoms with Gasteiger partial charge in [-0.25, -0.2) is 4.98 Å². The molecule has 0 spiro atoms. The van der Waals surface area contributed by atoms with E-state index in [9.17, 15) is 0 Å². The number of nitrogens with one attached hydrogen (secondary N) is 1. The third-order valence-corrected chi connectivity index (χ3v) is 2.27. The lowest BCUT2D eigenvalue weighted by Gasteiger charge is -2.14. The summed E-state index contributed by atoms with van der Waals surface area (Å²) in [6.45, 7) is 4.11. The van der Waals surface area contributed by atoms with Gasteiger partial charge in [-0.1, -0.05) is 7.43 Å². The normalized spacial score (nSPS) is 9.47. The van der Waals surface area contributed by atoms with Crippen molar-refractivity contribution in [2.45, 2.75) is 21.3 Å². The van der Waals surface area contributed by atoms with Gasteiger partial charge in [-0.3, -0.25) is 4.90 Å². The minimum absolute atomic E-state index is 0. The first-order valence-electron chi connectivity index (χ1n) is 4.68. The van der Waals surface area contributed by atoms with Crippen molar-refractivity contribution in [3.63, 3.8) is 0 Å². The molecule has 0 radical (unpaired) electrons. The topological polar surface area (TPSA) is 33.5 Å². The molecule has 15 heavy (non-hydrogen) atoms. The fourth-order valence-corrected chi connectivity index (χ4v) is 1.30. The Balaban J connectivity index is 0.00000196. The van der Waals surface area contributed by atoms with Crippen molar-refractivity contribution in [3.05, 3.63) is 11.3 Å². The summed E-state index contributed by atoms with van der Waals surface area (Å²) in [5.74, 6) is 2.00. The van der Waals surface area contributed by atoms with Crippen molar-refractivity contribution in [1.29, 1.82) is 0 Å². The SMILES string of the molecule is C.Cc1nc(N(C)C)[nH+]c(N(C)C)c1C. The van der Waals surface area contributed by atoms with Gasteiger partial charge in [0.1, 0.15) is 5.69 Å². The lowest BCUT2D eigenvalue weighted by atomic mass is 10.2. The molecule has 1 aromatic heterocycles. The number of aryl methyl sites for hydroxylation is 1. The van der Waals surface area contributed by atoms with E-state index in [2.05, 4.69) is 21.8 Å². The molecule has 1 rings (SSSR count). The van der Waals surface area contributed by atoms with Crippen LogP contribution >= 0.6 is 0 Å². The van der Waals surface area contributed by atoms with Crippen LogP contribution in [-0.2, 0) is 0 Å². The van der Waals surface area contributed by atoms with Gasteiger partial charge in [-0.15, -0.1) is 4.98 Å². The van der Waals surface area contributed by atoms with Crippen LogP contribution in [0.4, 0.5) is 11.8 Å². The van der Waals surface area contributed by atoms with E-state index in [0.29, 0.717) is 0 Å². The zero-order valence-corrected chi connectivity index (χ0v) is 9.84. The summed E-state index contributed by atoms with van der Waals surface area (Å²) in [4.78, 5) is 11.8. The summed E-state index contributed by atoms with van der Waals surface area (Å²) >= 11 is 0. The third-order valence-electron chi connectivity index (χ3n) is 2.27. The summed E-state index contributed by atoms with van der Waals surface area (Å²) in [5.41, 5.74) is 2.26. The summed E-state index contributed by atoms with van der Waals surface area (Å²) in [5, 5.41) is 0. The molecule has 1 heterocycles. The molecule has 0 aliphatic rings. The molecule has 0 saturated carbocycles. The number of nitrogens with zero attached hydrogens (tertiary/aromatic N) is 3. The Morgan fingerprint density at radius 2 is 1.53 bits per heavy atom. The van der Waals surface area contributed by atoms with E-state index in [4.69, 9.17) is 0 Å². The molecule has 1 N–H and O–H groups in total. The Labute approximate surface area is 93.0 Å². The minimum atomic E-state index is 0. The second-order valence-corrected chi connectivity index (χ2v) is 3.91. The van der Waals surface area contributed by atoms with Crippen molar-refractivity contribution in [2.75, 3.05) is 38.0 Å². The van der Waals surface area contributed by atoms with Gasteiger partial charge in [0.25, 0.3) is 0 Å². The second-order valence-electron chi connectivity index (χ2n) is 3.91. The predicted octanol–water partition coefficient (Wildman–Crippen LogP) is 1.28. The van der Waals surface area contributed by atoms with E-state index in [1.165, 1.54) is 5.56 Å². The van der Waals surface area contributed by atoms with Gasteiger partial charge in [-0.2, -0.15) is 0 Å². The Bertz CT molecular complexity index is 332. The summed E-state index contributed by atoms with van der Waals surface area (Å²) < 4.78 is 0. The van der Waals surface area contributed by atoms with Crippen molar-refractivity contribution in [3.8, 4) is 0 Å². The maximum atomic E-state index is 4.46. The minimum Gasteiger partial charge on any atom is -0.314 e. The number of anilines is 2. The first-order valence-corrected chi connectivity index (χ1v) is 4.68. The lowest BCUT2D eigenvalue weighted by Crippen LogP contribution is -2.29. The number of hydrogen-bond acceptors (Lipinski definition) is 3. The Hall–Kier alpha value is -1.32. The van der Waals surface area contributed by atoms with Crippen LogP contribution in [0.5, 0.6) is 0 Å². The van der Waals surface area contributed by atoms with Crippen LogP contribution in [0.1, 0.15) is 18.7 Å². The quantitative estimate of drug-likeness (QED) is 0.739. The third kappa shape index (κ3) is 2.81. The average molecular weight is 211 g/mol. The summed E-state index contributed by atoms with van der Waals surface area (Å²) in [6, 6.07) is 0. The molecular formula is C11H23N4+. The van der Waals surface area contributed by atoms with E-state index < -0.39 is 0 Å². The standard InChI is InChI=1S/C10H18N4.CH4/c1-7-8(2)11-10(14(5)6)12-9(7)13(3)4;/h1-6H3;1H4/p+1. The maximum Gasteiger partial charge on any atom is 0.347 e. The van der Waals surface area contributed by atoms with Crippen molar-refractivity contribution in [1.82, 2.24) is 4.98 Å². The van der Waals surface area contributed by atoms with E-state index in [1.54, 1.807) is 0 Å². The highest BCUT2D eigenvalue weighted by Gasteiger charge is 2.15. The predicted molar refractivity (Wildman–Crippen MR) is 65.7 cm³/mol. The van der Waals surface area contributed by atoms with Gasteiger partial charge in [0.05, 0.1) is 0 Å². The number of H-pyrrole nitrogens is 1. The molecule has 1 aromatic rings. The molecule has 86 valence electrons. The van der Waals surface area contributed by atoms with Crippen LogP contribution in [0.25, 0.3) is 0 Å². The van der Waals surface area contributed by atoms with Gasteiger partial charge >= 0.3 is 5.95 Å². The molecule has 0 aromatic carbocycles.